The van der Waals surface area contributed by atoms with E-state index in [1.807, 2.05) is 18.2 Å². The summed E-state index contributed by atoms with van der Waals surface area (Å²) in [5, 5.41) is 1.17. The van der Waals surface area contributed by atoms with Crippen molar-refractivity contribution in [3.05, 3.63) is 35.9 Å². The number of para-hydroxylation sites is 1. The lowest BCUT2D eigenvalue weighted by Crippen LogP contribution is -2.49. The first-order valence-electron chi connectivity index (χ1n) is 7.60. The van der Waals surface area contributed by atoms with Crippen molar-refractivity contribution in [2.24, 2.45) is 0 Å². The van der Waals surface area contributed by atoms with Crippen LogP contribution < -0.4 is 4.90 Å². The summed E-state index contributed by atoms with van der Waals surface area (Å²) in [5.41, 5.74) is 2.19. The number of anilines is 1. The Balaban J connectivity index is 1.82. The standard InChI is InChI=1S/C16H21N3O2S/c1-3-22(20,21)19-10-8-18(9-11-19)16-12-13(2)14-6-4-5-7-15(14)17-16/h4-7,12H,3,8-11H2,1-2H3. The molecule has 1 aromatic carbocycles. The summed E-state index contributed by atoms with van der Waals surface area (Å²) in [4.78, 5) is 6.89. The molecule has 2 heterocycles. The molecule has 6 heteroatoms. The second-order valence-corrected chi connectivity index (χ2v) is 7.86. The number of fused-ring (bicyclic) bond motifs is 1. The number of aromatic nitrogens is 1. The first-order valence-corrected chi connectivity index (χ1v) is 9.21. The molecule has 1 saturated heterocycles. The maximum atomic E-state index is 11.9. The molecule has 1 aliphatic heterocycles. The molecule has 0 saturated carbocycles. The van der Waals surface area contributed by atoms with Crippen LogP contribution in [0.25, 0.3) is 10.9 Å². The third-order valence-corrected chi connectivity index (χ3v) is 6.11. The van der Waals surface area contributed by atoms with Gasteiger partial charge in [-0.25, -0.2) is 13.4 Å². The van der Waals surface area contributed by atoms with Crippen LogP contribution in [-0.4, -0.2) is 49.6 Å². The molecule has 0 aliphatic carbocycles. The van der Waals surface area contributed by atoms with E-state index in [2.05, 4.69) is 24.0 Å². The van der Waals surface area contributed by atoms with Gasteiger partial charge in [0.1, 0.15) is 5.82 Å². The zero-order valence-electron chi connectivity index (χ0n) is 13.0. The molecule has 1 aromatic heterocycles. The zero-order chi connectivity index (χ0) is 15.7. The average Bonchev–Trinajstić information content (AvgIpc) is 2.55. The van der Waals surface area contributed by atoms with E-state index in [4.69, 9.17) is 4.98 Å². The summed E-state index contributed by atoms with van der Waals surface area (Å²) in [6, 6.07) is 10.2. The van der Waals surface area contributed by atoms with Gasteiger partial charge in [-0.1, -0.05) is 18.2 Å². The molecular weight excluding hydrogens is 298 g/mol. The van der Waals surface area contributed by atoms with Crippen molar-refractivity contribution in [1.82, 2.24) is 9.29 Å². The minimum absolute atomic E-state index is 0.167. The van der Waals surface area contributed by atoms with Gasteiger partial charge in [-0.3, -0.25) is 0 Å². The fraction of sp³-hybridized carbons (Fsp3) is 0.438. The third-order valence-electron chi connectivity index (χ3n) is 4.23. The molecule has 0 atom stereocenters. The molecule has 0 bridgehead atoms. The van der Waals surface area contributed by atoms with Gasteiger partial charge in [-0.15, -0.1) is 0 Å². The fourth-order valence-corrected chi connectivity index (χ4v) is 3.96. The maximum Gasteiger partial charge on any atom is 0.213 e. The van der Waals surface area contributed by atoms with Crippen LogP contribution in [-0.2, 0) is 10.0 Å². The van der Waals surface area contributed by atoms with E-state index in [-0.39, 0.29) is 5.75 Å². The van der Waals surface area contributed by atoms with Crippen LogP contribution in [0.3, 0.4) is 0 Å². The van der Waals surface area contributed by atoms with E-state index in [1.165, 1.54) is 10.9 Å². The molecule has 2 aromatic rings. The Morgan fingerprint density at radius 1 is 1.14 bits per heavy atom. The van der Waals surface area contributed by atoms with Crippen molar-refractivity contribution in [2.45, 2.75) is 13.8 Å². The number of rotatable bonds is 3. The summed E-state index contributed by atoms with van der Waals surface area (Å²) in [6.07, 6.45) is 0. The van der Waals surface area contributed by atoms with Crippen LogP contribution in [0, 0.1) is 6.92 Å². The van der Waals surface area contributed by atoms with Crippen LogP contribution in [0.5, 0.6) is 0 Å². The number of benzene rings is 1. The molecule has 0 radical (unpaired) electrons. The van der Waals surface area contributed by atoms with Gasteiger partial charge in [0.05, 0.1) is 11.3 Å². The lowest BCUT2D eigenvalue weighted by molar-refractivity contribution is 0.384. The van der Waals surface area contributed by atoms with E-state index < -0.39 is 10.0 Å². The first kappa shape index (κ1) is 15.2. The second-order valence-electron chi connectivity index (χ2n) is 5.60. The van der Waals surface area contributed by atoms with Gasteiger partial charge in [0.2, 0.25) is 10.0 Å². The normalized spacial score (nSPS) is 17.1. The van der Waals surface area contributed by atoms with Gasteiger partial charge in [-0.05, 0) is 31.5 Å². The largest absolute Gasteiger partial charge is 0.354 e. The smallest absolute Gasteiger partial charge is 0.213 e. The van der Waals surface area contributed by atoms with Crippen molar-refractivity contribution >= 4 is 26.7 Å². The number of piperazine rings is 1. The highest BCUT2D eigenvalue weighted by atomic mass is 32.2. The van der Waals surface area contributed by atoms with Gasteiger partial charge in [0.25, 0.3) is 0 Å². The molecule has 0 unspecified atom stereocenters. The maximum absolute atomic E-state index is 11.9. The molecule has 0 N–H and O–H groups in total. The monoisotopic (exact) mass is 319 g/mol. The van der Waals surface area contributed by atoms with Gasteiger partial charge in [-0.2, -0.15) is 4.31 Å². The first-order chi connectivity index (χ1) is 10.5. The molecule has 1 aliphatic rings. The highest BCUT2D eigenvalue weighted by molar-refractivity contribution is 7.89. The number of hydrogen-bond donors (Lipinski definition) is 0. The Morgan fingerprint density at radius 2 is 1.82 bits per heavy atom. The highest BCUT2D eigenvalue weighted by Gasteiger charge is 2.26. The summed E-state index contributed by atoms with van der Waals surface area (Å²) >= 11 is 0. The Kier molecular flexibility index (Phi) is 4.06. The van der Waals surface area contributed by atoms with Gasteiger partial charge in [0, 0.05) is 31.6 Å². The Hall–Kier alpha value is -1.66. The SMILES string of the molecule is CCS(=O)(=O)N1CCN(c2cc(C)c3ccccc3n2)CC1. The van der Waals surface area contributed by atoms with Gasteiger partial charge < -0.3 is 4.90 Å². The Bertz CT molecular complexity index is 781. The number of nitrogens with zero attached hydrogens (tertiary/aromatic N) is 3. The van der Waals surface area contributed by atoms with Crippen LogP contribution in [0.15, 0.2) is 30.3 Å². The summed E-state index contributed by atoms with van der Waals surface area (Å²) < 4.78 is 25.4. The molecule has 118 valence electrons. The number of aryl methyl sites for hydroxylation is 1. The van der Waals surface area contributed by atoms with Gasteiger partial charge >= 0.3 is 0 Å². The predicted octanol–water partition coefficient (Wildman–Crippen LogP) is 2.01. The minimum Gasteiger partial charge on any atom is -0.354 e. The predicted molar refractivity (Wildman–Crippen MR) is 89.7 cm³/mol. The van der Waals surface area contributed by atoms with Crippen LogP contribution >= 0.6 is 0 Å². The molecule has 22 heavy (non-hydrogen) atoms. The molecule has 0 amide bonds. The van der Waals surface area contributed by atoms with Crippen LogP contribution in [0.4, 0.5) is 5.82 Å². The quantitative estimate of drug-likeness (QED) is 0.868. The second kappa shape index (κ2) is 5.85. The minimum atomic E-state index is -3.08. The molecule has 3 rings (SSSR count). The van der Waals surface area contributed by atoms with Crippen molar-refractivity contribution in [3.63, 3.8) is 0 Å². The lowest BCUT2D eigenvalue weighted by Gasteiger charge is -2.34. The molecule has 1 fully saturated rings. The summed E-state index contributed by atoms with van der Waals surface area (Å²) in [5.74, 6) is 1.10. The van der Waals surface area contributed by atoms with E-state index in [0.29, 0.717) is 26.2 Å². The summed E-state index contributed by atoms with van der Waals surface area (Å²) in [6.45, 7) is 6.21. The molecule has 0 spiro atoms. The van der Waals surface area contributed by atoms with E-state index in [0.717, 1.165) is 11.3 Å². The third kappa shape index (κ3) is 2.80. The number of sulfonamides is 1. The molecule has 5 nitrogen and oxygen atoms in total. The zero-order valence-corrected chi connectivity index (χ0v) is 13.8. The van der Waals surface area contributed by atoms with E-state index in [9.17, 15) is 8.42 Å². The summed E-state index contributed by atoms with van der Waals surface area (Å²) in [7, 11) is -3.08. The fourth-order valence-electron chi connectivity index (χ4n) is 2.87. The number of hydrogen-bond acceptors (Lipinski definition) is 4. The van der Waals surface area contributed by atoms with Crippen LogP contribution in [0.1, 0.15) is 12.5 Å². The highest BCUT2D eigenvalue weighted by Crippen LogP contribution is 2.23. The van der Waals surface area contributed by atoms with Crippen molar-refractivity contribution in [2.75, 3.05) is 36.8 Å². The van der Waals surface area contributed by atoms with E-state index in [1.54, 1.807) is 11.2 Å². The van der Waals surface area contributed by atoms with Crippen LogP contribution in [0.2, 0.25) is 0 Å². The topological polar surface area (TPSA) is 53.5 Å². The average molecular weight is 319 g/mol. The van der Waals surface area contributed by atoms with Crippen molar-refractivity contribution < 1.29 is 8.42 Å². The van der Waals surface area contributed by atoms with Crippen molar-refractivity contribution in [3.8, 4) is 0 Å². The number of pyridine rings is 1. The van der Waals surface area contributed by atoms with E-state index >= 15 is 0 Å². The van der Waals surface area contributed by atoms with Crippen molar-refractivity contribution in [1.29, 1.82) is 0 Å². The Morgan fingerprint density at radius 3 is 2.50 bits per heavy atom. The Labute approximate surface area is 131 Å². The van der Waals surface area contributed by atoms with Gasteiger partial charge in [0.15, 0.2) is 0 Å². The lowest BCUT2D eigenvalue weighted by atomic mass is 10.1. The molecular formula is C16H21N3O2S.